The fourth-order valence-electron chi connectivity index (χ4n) is 4.40. The molecule has 2 aromatic carbocycles. The van der Waals surface area contributed by atoms with Gasteiger partial charge < -0.3 is 37.5 Å². The molecule has 4 amide bonds. The molecule has 250 valence electrons. The van der Waals surface area contributed by atoms with Gasteiger partial charge in [0.25, 0.3) is 0 Å². The second-order valence-electron chi connectivity index (χ2n) is 11.7. The molecule has 46 heavy (non-hydrogen) atoms. The molecular formula is C34H49N7O5. The van der Waals surface area contributed by atoms with E-state index < -0.39 is 30.1 Å². The molecule has 0 aliphatic rings. The molecule has 3 atom stereocenters. The molecule has 0 fully saturated rings. The molecule has 12 heteroatoms. The first-order valence-electron chi connectivity index (χ1n) is 15.6. The summed E-state index contributed by atoms with van der Waals surface area (Å²) in [4.78, 5) is 56.0. The van der Waals surface area contributed by atoms with Crippen molar-refractivity contribution in [3.63, 3.8) is 0 Å². The third-order valence-corrected chi connectivity index (χ3v) is 6.96. The zero-order valence-electron chi connectivity index (χ0n) is 27.2. The number of ether oxygens (including phenoxy) is 1. The van der Waals surface area contributed by atoms with E-state index in [9.17, 15) is 19.2 Å². The topological polar surface area (TPSA) is 190 Å². The van der Waals surface area contributed by atoms with Crippen LogP contribution in [0.5, 0.6) is 0 Å². The monoisotopic (exact) mass is 635 g/mol. The highest BCUT2D eigenvalue weighted by atomic mass is 16.5. The molecule has 0 aromatic heterocycles. The second kappa shape index (κ2) is 20.2. The van der Waals surface area contributed by atoms with Crippen molar-refractivity contribution < 1.29 is 23.9 Å². The molecule has 8 N–H and O–H groups in total. The minimum atomic E-state index is -1.00. The summed E-state index contributed by atoms with van der Waals surface area (Å²) in [6.45, 7) is 8.24. The molecule has 0 unspecified atom stereocenters. The van der Waals surface area contributed by atoms with Crippen LogP contribution >= 0.6 is 0 Å². The van der Waals surface area contributed by atoms with Crippen LogP contribution in [0.2, 0.25) is 0 Å². The normalized spacial score (nSPS) is 13.0. The van der Waals surface area contributed by atoms with E-state index in [4.69, 9.17) is 16.2 Å². The van der Waals surface area contributed by atoms with Crippen LogP contribution < -0.4 is 32.7 Å². The highest BCUT2D eigenvalue weighted by Crippen LogP contribution is 2.10. The number of nitrogens with one attached hydrogen (secondary N) is 4. The third kappa shape index (κ3) is 15.2. The van der Waals surface area contributed by atoms with E-state index in [0.717, 1.165) is 11.1 Å². The van der Waals surface area contributed by atoms with Crippen molar-refractivity contribution in [3.05, 3.63) is 77.9 Å². The number of aliphatic imine (C=N–C) groups is 1. The maximum atomic E-state index is 13.5. The number of alkyl carbamates (subject to hydrolysis) is 1. The predicted octanol–water partition coefficient (Wildman–Crippen LogP) is 2.84. The summed E-state index contributed by atoms with van der Waals surface area (Å²) in [6, 6.07) is 16.3. The molecule has 0 spiro atoms. The van der Waals surface area contributed by atoms with Crippen LogP contribution in [0.3, 0.4) is 0 Å². The first kappa shape index (κ1) is 37.3. The van der Waals surface area contributed by atoms with Gasteiger partial charge >= 0.3 is 6.09 Å². The molecule has 0 bridgehead atoms. The van der Waals surface area contributed by atoms with Gasteiger partial charge in [0.15, 0.2) is 5.96 Å². The predicted molar refractivity (Wildman–Crippen MR) is 180 cm³/mol. The first-order valence-corrected chi connectivity index (χ1v) is 15.6. The van der Waals surface area contributed by atoms with E-state index >= 15 is 0 Å². The minimum Gasteiger partial charge on any atom is -0.445 e. The number of carbonyl (C=O) groups excluding carboxylic acids is 4. The number of benzene rings is 2. The van der Waals surface area contributed by atoms with Crippen LogP contribution in [-0.2, 0) is 25.7 Å². The Labute approximate surface area is 271 Å². The molecular weight excluding hydrogens is 586 g/mol. The average molecular weight is 636 g/mol. The molecule has 0 saturated heterocycles. The molecule has 2 aromatic rings. The smallest absolute Gasteiger partial charge is 0.408 e. The number of guanidine groups is 1. The fourth-order valence-corrected chi connectivity index (χ4v) is 4.40. The summed E-state index contributed by atoms with van der Waals surface area (Å²) in [7, 11) is 0. The summed E-state index contributed by atoms with van der Waals surface area (Å²) in [6.07, 6.45) is 3.34. The average Bonchev–Trinajstić information content (AvgIpc) is 3.02. The van der Waals surface area contributed by atoms with E-state index in [1.807, 2.05) is 88.4 Å². The number of amides is 4. The van der Waals surface area contributed by atoms with E-state index in [0.29, 0.717) is 12.8 Å². The lowest BCUT2D eigenvalue weighted by atomic mass is 9.99. The Balaban J connectivity index is 2.06. The van der Waals surface area contributed by atoms with E-state index in [-0.39, 0.29) is 55.7 Å². The van der Waals surface area contributed by atoms with Crippen molar-refractivity contribution in [1.29, 1.82) is 0 Å². The van der Waals surface area contributed by atoms with Crippen LogP contribution in [0.4, 0.5) is 4.79 Å². The third-order valence-electron chi connectivity index (χ3n) is 6.96. The van der Waals surface area contributed by atoms with Crippen molar-refractivity contribution in [2.45, 2.75) is 71.7 Å². The SMILES string of the molecule is CC(C)C[C@H](NC(=O)[C@H](CCCN=C(N)N)NC(=O)OCc1ccccc1)C(=O)N[C@@H](CNC(=O)C=Cc1ccccc1)C(C)C. The summed E-state index contributed by atoms with van der Waals surface area (Å²) in [5.74, 6) is -1.23. The van der Waals surface area contributed by atoms with Gasteiger partial charge in [-0.3, -0.25) is 19.4 Å². The molecule has 2 rings (SSSR count). The maximum absolute atomic E-state index is 13.5. The Bertz CT molecular complexity index is 1300. The zero-order chi connectivity index (χ0) is 33.9. The molecule has 0 aliphatic heterocycles. The summed E-state index contributed by atoms with van der Waals surface area (Å²) in [5.41, 5.74) is 12.5. The lowest BCUT2D eigenvalue weighted by Gasteiger charge is -2.28. The van der Waals surface area contributed by atoms with Gasteiger partial charge in [-0.15, -0.1) is 0 Å². The molecule has 12 nitrogen and oxygen atoms in total. The van der Waals surface area contributed by atoms with Gasteiger partial charge in [-0.05, 0) is 48.3 Å². The number of rotatable bonds is 18. The van der Waals surface area contributed by atoms with Crippen LogP contribution in [0.15, 0.2) is 71.7 Å². The van der Waals surface area contributed by atoms with Crippen LogP contribution in [0.1, 0.15) is 58.1 Å². The zero-order valence-corrected chi connectivity index (χ0v) is 27.2. The van der Waals surface area contributed by atoms with Gasteiger partial charge in [0, 0.05) is 25.2 Å². The molecule has 0 aliphatic carbocycles. The van der Waals surface area contributed by atoms with Crippen molar-refractivity contribution in [2.75, 3.05) is 13.1 Å². The second-order valence-corrected chi connectivity index (χ2v) is 11.7. The molecule has 0 heterocycles. The van der Waals surface area contributed by atoms with Gasteiger partial charge in [0.1, 0.15) is 18.7 Å². The van der Waals surface area contributed by atoms with Crippen molar-refractivity contribution in [1.82, 2.24) is 21.3 Å². The van der Waals surface area contributed by atoms with Crippen molar-refractivity contribution in [3.8, 4) is 0 Å². The summed E-state index contributed by atoms with van der Waals surface area (Å²) in [5, 5.41) is 11.3. The Morgan fingerprint density at radius 2 is 1.48 bits per heavy atom. The molecule has 0 saturated carbocycles. The number of hydrogen-bond donors (Lipinski definition) is 6. The van der Waals surface area contributed by atoms with Gasteiger partial charge in [0.2, 0.25) is 17.7 Å². The Morgan fingerprint density at radius 3 is 2.09 bits per heavy atom. The Morgan fingerprint density at radius 1 is 0.848 bits per heavy atom. The first-order chi connectivity index (χ1) is 21.9. The quantitative estimate of drug-likeness (QED) is 0.0628. The summed E-state index contributed by atoms with van der Waals surface area (Å²) < 4.78 is 5.32. The highest BCUT2D eigenvalue weighted by molar-refractivity contribution is 5.92. The van der Waals surface area contributed by atoms with Gasteiger partial charge in [0.05, 0.1) is 0 Å². The lowest BCUT2D eigenvalue weighted by molar-refractivity contribution is -0.131. The van der Waals surface area contributed by atoms with Crippen LogP contribution in [-0.4, -0.2) is 61.0 Å². The minimum absolute atomic E-state index is 0.0120. The lowest BCUT2D eigenvalue weighted by Crippen LogP contribution is -2.57. The Kier molecular flexibility index (Phi) is 16.4. The number of nitrogens with two attached hydrogens (primary N) is 2. The van der Waals surface area contributed by atoms with Crippen LogP contribution in [0, 0.1) is 11.8 Å². The number of carbonyl (C=O) groups is 4. The van der Waals surface area contributed by atoms with Crippen LogP contribution in [0.25, 0.3) is 6.08 Å². The Hall–Kier alpha value is -4.87. The van der Waals surface area contributed by atoms with Crippen molar-refractivity contribution >= 4 is 35.9 Å². The van der Waals surface area contributed by atoms with Crippen molar-refractivity contribution in [2.24, 2.45) is 28.3 Å². The highest BCUT2D eigenvalue weighted by Gasteiger charge is 2.29. The van der Waals surface area contributed by atoms with Gasteiger partial charge in [-0.1, -0.05) is 88.4 Å². The van der Waals surface area contributed by atoms with Gasteiger partial charge in [-0.25, -0.2) is 4.79 Å². The standard InChI is InChI=1S/C34H49N7O5/c1-23(2)20-28(32(44)40-29(24(3)4)21-38-30(42)18-17-25-12-7-5-8-13-25)39-31(43)27(16-11-19-37-33(35)36)41-34(45)46-22-26-14-9-6-10-15-26/h5-10,12-15,17-18,23-24,27-29H,11,16,19-22H2,1-4H3,(H,38,42)(H,39,43)(H,40,44)(H,41,45)(H4,35,36,37)/t27-,28-,29-/m0/s1. The van der Waals surface area contributed by atoms with E-state index in [2.05, 4.69) is 26.3 Å². The fraction of sp³-hybridized carbons (Fsp3) is 0.441. The molecule has 0 radical (unpaired) electrons. The largest absolute Gasteiger partial charge is 0.445 e. The van der Waals surface area contributed by atoms with E-state index in [1.54, 1.807) is 6.08 Å². The van der Waals surface area contributed by atoms with E-state index in [1.165, 1.54) is 6.08 Å². The maximum Gasteiger partial charge on any atom is 0.408 e. The number of nitrogens with zero attached hydrogens (tertiary/aromatic N) is 1. The summed E-state index contributed by atoms with van der Waals surface area (Å²) >= 11 is 0. The van der Waals surface area contributed by atoms with Gasteiger partial charge in [-0.2, -0.15) is 0 Å². The number of hydrogen-bond acceptors (Lipinski definition) is 6.